The van der Waals surface area contributed by atoms with Gasteiger partial charge in [-0.3, -0.25) is 0 Å². The number of halogens is 1. The van der Waals surface area contributed by atoms with E-state index in [0.717, 1.165) is 12.5 Å². The Morgan fingerprint density at radius 1 is 1.35 bits per heavy atom. The van der Waals surface area contributed by atoms with Crippen molar-refractivity contribution in [1.82, 2.24) is 5.32 Å². The van der Waals surface area contributed by atoms with E-state index >= 15 is 0 Å². The summed E-state index contributed by atoms with van der Waals surface area (Å²) in [6.45, 7) is 9.81. The molecule has 0 amide bonds. The fourth-order valence-corrected chi connectivity index (χ4v) is 2.90. The molecule has 0 heterocycles. The maximum atomic E-state index is 3.72. The fourth-order valence-electron chi connectivity index (χ4n) is 2.39. The molecule has 1 unspecified atom stereocenters. The zero-order chi connectivity index (χ0) is 14.9. The second-order valence-corrected chi connectivity index (χ2v) is 7.92. The van der Waals surface area contributed by atoms with E-state index in [2.05, 4.69) is 79.1 Å². The predicted molar refractivity (Wildman–Crippen MR) is 91.3 cm³/mol. The topological polar surface area (TPSA) is 15.3 Å². The van der Waals surface area contributed by atoms with Gasteiger partial charge in [-0.1, -0.05) is 22.0 Å². The number of nitrogens with one attached hydrogen (secondary N) is 1. The van der Waals surface area contributed by atoms with Crippen LogP contribution in [0, 0.1) is 5.92 Å². The molecule has 1 aromatic carbocycles. The molecule has 1 atom stereocenters. The molecule has 0 aromatic heterocycles. The van der Waals surface area contributed by atoms with Gasteiger partial charge in [-0.15, -0.1) is 0 Å². The molecule has 1 aromatic rings. The van der Waals surface area contributed by atoms with Crippen LogP contribution < -0.4 is 10.2 Å². The molecular formula is C17H27BrN2. The second-order valence-electron chi connectivity index (χ2n) is 7.07. The molecule has 1 saturated carbocycles. The summed E-state index contributed by atoms with van der Waals surface area (Å²) in [6, 6.07) is 7.36. The van der Waals surface area contributed by atoms with Gasteiger partial charge in [0.15, 0.2) is 0 Å². The smallest absolute Gasteiger partial charge is 0.0377 e. The molecule has 0 bridgehead atoms. The molecule has 3 heteroatoms. The molecule has 1 fully saturated rings. The third kappa shape index (κ3) is 4.23. The molecule has 0 saturated heterocycles. The Hall–Kier alpha value is -0.540. The quantitative estimate of drug-likeness (QED) is 0.845. The molecule has 2 rings (SSSR count). The molecule has 1 aliphatic carbocycles. The first kappa shape index (κ1) is 15.8. The largest absolute Gasteiger partial charge is 0.372 e. The Balaban J connectivity index is 2.04. The Morgan fingerprint density at radius 2 is 2.00 bits per heavy atom. The van der Waals surface area contributed by atoms with Crippen LogP contribution in [0.25, 0.3) is 0 Å². The lowest BCUT2D eigenvalue weighted by Gasteiger charge is -2.28. The molecule has 2 nitrogen and oxygen atoms in total. The van der Waals surface area contributed by atoms with Gasteiger partial charge >= 0.3 is 0 Å². The zero-order valence-electron chi connectivity index (χ0n) is 13.3. The third-order valence-electron chi connectivity index (χ3n) is 4.17. The van der Waals surface area contributed by atoms with Crippen molar-refractivity contribution in [2.45, 2.75) is 58.7 Å². The normalized spacial score (nSPS) is 17.1. The number of hydrogen-bond acceptors (Lipinski definition) is 2. The van der Waals surface area contributed by atoms with Crippen molar-refractivity contribution < 1.29 is 0 Å². The number of rotatable bonds is 5. The Labute approximate surface area is 132 Å². The van der Waals surface area contributed by atoms with Gasteiger partial charge in [0.2, 0.25) is 0 Å². The highest BCUT2D eigenvalue weighted by Gasteiger charge is 2.30. The van der Waals surface area contributed by atoms with Crippen molar-refractivity contribution in [1.29, 1.82) is 0 Å². The van der Waals surface area contributed by atoms with Crippen molar-refractivity contribution in [3.63, 3.8) is 0 Å². The predicted octanol–water partition coefficient (Wildman–Crippen LogP) is 4.57. The van der Waals surface area contributed by atoms with Gasteiger partial charge in [-0.25, -0.2) is 0 Å². The van der Waals surface area contributed by atoms with E-state index in [0.29, 0.717) is 6.04 Å². The van der Waals surface area contributed by atoms with Crippen LogP contribution in [0.2, 0.25) is 0 Å². The molecule has 0 spiro atoms. The van der Waals surface area contributed by atoms with E-state index in [9.17, 15) is 0 Å². The molecule has 0 aliphatic heterocycles. The van der Waals surface area contributed by atoms with E-state index < -0.39 is 0 Å². The first-order valence-electron chi connectivity index (χ1n) is 7.54. The highest BCUT2D eigenvalue weighted by atomic mass is 79.9. The van der Waals surface area contributed by atoms with E-state index in [4.69, 9.17) is 0 Å². The highest BCUT2D eigenvalue weighted by Crippen LogP contribution is 2.36. The Kier molecular flexibility index (Phi) is 4.80. The van der Waals surface area contributed by atoms with Crippen LogP contribution in [-0.4, -0.2) is 18.6 Å². The number of nitrogens with zero attached hydrogens (tertiary/aromatic N) is 1. The van der Waals surface area contributed by atoms with E-state index in [1.54, 1.807) is 0 Å². The standard InChI is InChI=1S/C17H27BrN2/c1-12(13-6-7-13)20(5)15-9-8-14(16(18)10-15)11-19-17(2,3)4/h8-10,12-13,19H,6-7,11H2,1-5H3. The maximum Gasteiger partial charge on any atom is 0.0377 e. The van der Waals surface area contributed by atoms with Crippen LogP contribution in [0.15, 0.2) is 22.7 Å². The van der Waals surface area contributed by atoms with Crippen molar-refractivity contribution in [2.75, 3.05) is 11.9 Å². The molecule has 20 heavy (non-hydrogen) atoms. The first-order chi connectivity index (χ1) is 9.28. The number of benzene rings is 1. The lowest BCUT2D eigenvalue weighted by Crippen LogP contribution is -2.35. The first-order valence-corrected chi connectivity index (χ1v) is 8.33. The molecule has 0 radical (unpaired) electrons. The van der Waals surface area contributed by atoms with Crippen molar-refractivity contribution in [3.05, 3.63) is 28.2 Å². The van der Waals surface area contributed by atoms with Gasteiger partial charge in [0.25, 0.3) is 0 Å². The molecular weight excluding hydrogens is 312 g/mol. The van der Waals surface area contributed by atoms with Gasteiger partial charge in [0.1, 0.15) is 0 Å². The van der Waals surface area contributed by atoms with E-state index in [1.165, 1.54) is 28.6 Å². The van der Waals surface area contributed by atoms with Crippen molar-refractivity contribution in [3.8, 4) is 0 Å². The lowest BCUT2D eigenvalue weighted by molar-refractivity contribution is 0.424. The summed E-state index contributed by atoms with van der Waals surface area (Å²) in [7, 11) is 2.21. The summed E-state index contributed by atoms with van der Waals surface area (Å²) in [4.78, 5) is 2.41. The van der Waals surface area contributed by atoms with Gasteiger partial charge in [-0.2, -0.15) is 0 Å². The SMILES string of the molecule is CC(C1CC1)N(C)c1ccc(CNC(C)(C)C)c(Br)c1. The van der Waals surface area contributed by atoms with Gasteiger partial charge < -0.3 is 10.2 Å². The van der Waals surface area contributed by atoms with E-state index in [-0.39, 0.29) is 5.54 Å². The molecule has 112 valence electrons. The van der Waals surface area contributed by atoms with Gasteiger partial charge in [0.05, 0.1) is 0 Å². The maximum absolute atomic E-state index is 3.72. The van der Waals surface area contributed by atoms with Crippen LogP contribution in [0.1, 0.15) is 46.1 Å². The van der Waals surface area contributed by atoms with Crippen molar-refractivity contribution >= 4 is 21.6 Å². The summed E-state index contributed by atoms with van der Waals surface area (Å²) in [5, 5.41) is 3.54. The molecule has 1 N–H and O–H groups in total. The third-order valence-corrected chi connectivity index (χ3v) is 4.91. The van der Waals surface area contributed by atoms with Crippen LogP contribution in [0.3, 0.4) is 0 Å². The van der Waals surface area contributed by atoms with Crippen LogP contribution in [0.5, 0.6) is 0 Å². The number of hydrogen-bond donors (Lipinski definition) is 1. The summed E-state index contributed by atoms with van der Waals surface area (Å²) >= 11 is 3.72. The summed E-state index contributed by atoms with van der Waals surface area (Å²) in [6.07, 6.45) is 2.78. The lowest BCUT2D eigenvalue weighted by atomic mass is 10.1. The van der Waals surface area contributed by atoms with E-state index in [1.807, 2.05) is 0 Å². The number of anilines is 1. The monoisotopic (exact) mass is 338 g/mol. The molecule has 1 aliphatic rings. The summed E-state index contributed by atoms with van der Waals surface area (Å²) in [5.74, 6) is 0.890. The van der Waals surface area contributed by atoms with Crippen LogP contribution >= 0.6 is 15.9 Å². The van der Waals surface area contributed by atoms with Gasteiger partial charge in [0, 0.05) is 35.3 Å². The van der Waals surface area contributed by atoms with Crippen LogP contribution in [-0.2, 0) is 6.54 Å². The minimum Gasteiger partial charge on any atom is -0.372 e. The van der Waals surface area contributed by atoms with Crippen LogP contribution in [0.4, 0.5) is 5.69 Å². The fraction of sp³-hybridized carbons (Fsp3) is 0.647. The summed E-state index contributed by atoms with van der Waals surface area (Å²) in [5.41, 5.74) is 2.77. The Morgan fingerprint density at radius 3 is 2.50 bits per heavy atom. The second kappa shape index (κ2) is 6.07. The average Bonchev–Trinajstić information content (AvgIpc) is 3.18. The van der Waals surface area contributed by atoms with Gasteiger partial charge in [-0.05, 0) is 64.2 Å². The van der Waals surface area contributed by atoms with Crippen molar-refractivity contribution in [2.24, 2.45) is 5.92 Å². The highest BCUT2D eigenvalue weighted by molar-refractivity contribution is 9.10. The minimum atomic E-state index is 0.148. The zero-order valence-corrected chi connectivity index (χ0v) is 14.9. The minimum absolute atomic E-state index is 0.148. The average molecular weight is 339 g/mol. The summed E-state index contributed by atoms with van der Waals surface area (Å²) < 4.78 is 1.20. The Bertz CT molecular complexity index is 461.